The Morgan fingerprint density at radius 3 is 2.85 bits per heavy atom. The first-order valence-electron chi connectivity index (χ1n) is 11.7. The highest BCUT2D eigenvalue weighted by molar-refractivity contribution is 5.77. The number of piperidine rings is 1. The molecule has 2 aromatic heterocycles. The number of amides is 1. The van der Waals surface area contributed by atoms with Gasteiger partial charge >= 0.3 is 0 Å². The van der Waals surface area contributed by atoms with Gasteiger partial charge in [0.1, 0.15) is 12.4 Å². The molecule has 4 heterocycles. The molecular formula is C22H32F2N8O2. The average molecular weight is 479 g/mol. The highest BCUT2D eigenvalue weighted by atomic mass is 19.3. The van der Waals surface area contributed by atoms with E-state index in [0.29, 0.717) is 44.4 Å². The van der Waals surface area contributed by atoms with Crippen molar-refractivity contribution in [2.45, 2.75) is 38.2 Å². The Balaban J connectivity index is 1.34. The van der Waals surface area contributed by atoms with Crippen LogP contribution in [-0.2, 0) is 9.53 Å². The van der Waals surface area contributed by atoms with Crippen LogP contribution in [-0.4, -0.2) is 88.4 Å². The first-order valence-corrected chi connectivity index (χ1v) is 11.7. The lowest BCUT2D eigenvalue weighted by Gasteiger charge is -2.28. The van der Waals surface area contributed by atoms with Gasteiger partial charge in [-0.25, -0.2) is 13.8 Å². The monoisotopic (exact) mass is 478 g/mol. The Hall–Kier alpha value is -2.86. The third-order valence-electron chi connectivity index (χ3n) is 6.16. The third kappa shape index (κ3) is 6.38. The van der Waals surface area contributed by atoms with Crippen molar-refractivity contribution >= 4 is 23.4 Å². The molecule has 4 rings (SSSR count). The van der Waals surface area contributed by atoms with Crippen LogP contribution in [0.5, 0.6) is 0 Å². The van der Waals surface area contributed by atoms with Crippen LogP contribution in [0.15, 0.2) is 18.6 Å². The van der Waals surface area contributed by atoms with Gasteiger partial charge in [-0.1, -0.05) is 0 Å². The molecule has 2 aromatic rings. The Bertz CT molecular complexity index is 949. The van der Waals surface area contributed by atoms with E-state index in [2.05, 4.69) is 37.6 Å². The van der Waals surface area contributed by atoms with Crippen molar-refractivity contribution in [2.24, 2.45) is 0 Å². The van der Waals surface area contributed by atoms with E-state index in [0.717, 1.165) is 38.5 Å². The number of nitrogens with one attached hydrogen (secondary N) is 2. The van der Waals surface area contributed by atoms with E-state index in [1.807, 2.05) is 10.9 Å². The number of carbonyl (C=O) groups is 1. The SMILES string of the molecule is CN1CCC(n2cc(Nc3ncc(C(F)F)c(NCCCN4CCCOCC4=O)n3)cn2)CC1. The first-order chi connectivity index (χ1) is 16.5. The van der Waals surface area contributed by atoms with Crippen molar-refractivity contribution in [2.75, 3.05) is 63.6 Å². The fraction of sp³-hybridized carbons (Fsp3) is 0.636. The lowest BCUT2D eigenvalue weighted by Crippen LogP contribution is -2.34. The maximum atomic E-state index is 13.5. The normalized spacial score (nSPS) is 18.4. The fourth-order valence-corrected chi connectivity index (χ4v) is 4.19. The van der Waals surface area contributed by atoms with Gasteiger partial charge < -0.3 is 25.2 Å². The summed E-state index contributed by atoms with van der Waals surface area (Å²) in [6, 6.07) is 0.341. The summed E-state index contributed by atoms with van der Waals surface area (Å²) in [4.78, 5) is 24.4. The molecule has 186 valence electrons. The Labute approximate surface area is 197 Å². The number of rotatable bonds is 9. The number of anilines is 3. The fourth-order valence-electron chi connectivity index (χ4n) is 4.19. The van der Waals surface area contributed by atoms with Crippen molar-refractivity contribution in [3.63, 3.8) is 0 Å². The zero-order valence-corrected chi connectivity index (χ0v) is 19.4. The van der Waals surface area contributed by atoms with Crippen LogP contribution in [0.2, 0.25) is 0 Å². The van der Waals surface area contributed by atoms with Crippen LogP contribution in [0.4, 0.5) is 26.2 Å². The molecule has 34 heavy (non-hydrogen) atoms. The van der Waals surface area contributed by atoms with Crippen LogP contribution in [0.1, 0.15) is 43.7 Å². The topological polar surface area (TPSA) is 100 Å². The Morgan fingerprint density at radius 2 is 2.06 bits per heavy atom. The van der Waals surface area contributed by atoms with E-state index in [-0.39, 0.29) is 29.8 Å². The number of halogens is 2. The summed E-state index contributed by atoms with van der Waals surface area (Å²) in [6.07, 6.45) is 5.48. The van der Waals surface area contributed by atoms with Gasteiger partial charge in [0.25, 0.3) is 6.43 Å². The minimum absolute atomic E-state index is 0.0416. The molecule has 0 aromatic carbocycles. The molecule has 1 amide bonds. The van der Waals surface area contributed by atoms with E-state index < -0.39 is 6.43 Å². The number of likely N-dealkylation sites (tertiary alicyclic amines) is 1. The Kier molecular flexibility index (Phi) is 8.22. The summed E-state index contributed by atoms with van der Waals surface area (Å²) >= 11 is 0. The minimum Gasteiger partial charge on any atom is -0.372 e. The number of hydrogen-bond acceptors (Lipinski definition) is 8. The van der Waals surface area contributed by atoms with E-state index >= 15 is 0 Å². The second-order valence-corrected chi connectivity index (χ2v) is 8.73. The molecule has 2 aliphatic heterocycles. The molecule has 2 aliphatic rings. The van der Waals surface area contributed by atoms with Crippen LogP contribution in [0, 0.1) is 0 Å². The summed E-state index contributed by atoms with van der Waals surface area (Å²) in [6.45, 7) is 4.30. The van der Waals surface area contributed by atoms with E-state index in [1.165, 1.54) is 0 Å². The number of aromatic nitrogens is 4. The maximum absolute atomic E-state index is 13.5. The standard InChI is InChI=1S/C22H32F2N8O2/c1-30-9-4-17(5-10-30)32-14-16(12-27-32)28-22-26-13-18(20(23)24)21(29-22)25-6-2-7-31-8-3-11-34-15-19(31)33/h12-14,17,20H,2-11,15H2,1H3,(H2,25,26,28,29). The highest BCUT2D eigenvalue weighted by Crippen LogP contribution is 2.27. The number of hydrogen-bond donors (Lipinski definition) is 2. The van der Waals surface area contributed by atoms with Gasteiger partial charge in [-0.05, 0) is 45.8 Å². The Morgan fingerprint density at radius 1 is 1.24 bits per heavy atom. The highest BCUT2D eigenvalue weighted by Gasteiger charge is 2.20. The maximum Gasteiger partial charge on any atom is 0.268 e. The van der Waals surface area contributed by atoms with Gasteiger partial charge in [0.05, 0.1) is 23.5 Å². The molecule has 0 bridgehead atoms. The van der Waals surface area contributed by atoms with Crippen molar-refractivity contribution in [1.29, 1.82) is 0 Å². The molecule has 2 N–H and O–H groups in total. The van der Waals surface area contributed by atoms with Gasteiger partial charge in [-0.3, -0.25) is 9.48 Å². The molecular weight excluding hydrogens is 446 g/mol. The smallest absolute Gasteiger partial charge is 0.268 e. The molecule has 0 unspecified atom stereocenters. The summed E-state index contributed by atoms with van der Waals surface area (Å²) in [5.41, 5.74) is 0.448. The predicted molar refractivity (Wildman–Crippen MR) is 123 cm³/mol. The van der Waals surface area contributed by atoms with Crippen molar-refractivity contribution in [3.8, 4) is 0 Å². The molecule has 2 fully saturated rings. The van der Waals surface area contributed by atoms with Gasteiger partial charge in [0, 0.05) is 38.6 Å². The molecule has 0 atom stereocenters. The van der Waals surface area contributed by atoms with Gasteiger partial charge in [-0.2, -0.15) is 10.1 Å². The molecule has 10 nitrogen and oxygen atoms in total. The zero-order chi connectivity index (χ0) is 23.9. The second-order valence-electron chi connectivity index (χ2n) is 8.73. The van der Waals surface area contributed by atoms with Crippen molar-refractivity contribution < 1.29 is 18.3 Å². The van der Waals surface area contributed by atoms with Crippen molar-refractivity contribution in [1.82, 2.24) is 29.5 Å². The number of ether oxygens (including phenoxy) is 1. The number of carbonyl (C=O) groups excluding carboxylic acids is 1. The number of nitrogens with zero attached hydrogens (tertiary/aromatic N) is 6. The van der Waals surface area contributed by atoms with E-state index in [9.17, 15) is 13.6 Å². The average Bonchev–Trinajstić information content (AvgIpc) is 3.18. The lowest BCUT2D eigenvalue weighted by atomic mass is 10.1. The van der Waals surface area contributed by atoms with Gasteiger partial charge in [0.15, 0.2) is 0 Å². The summed E-state index contributed by atoms with van der Waals surface area (Å²) < 4.78 is 34.2. The van der Waals surface area contributed by atoms with E-state index in [1.54, 1.807) is 11.1 Å². The van der Waals surface area contributed by atoms with Crippen LogP contribution >= 0.6 is 0 Å². The van der Waals surface area contributed by atoms with Crippen molar-refractivity contribution in [3.05, 3.63) is 24.2 Å². The lowest BCUT2D eigenvalue weighted by molar-refractivity contribution is -0.133. The zero-order valence-electron chi connectivity index (χ0n) is 19.4. The summed E-state index contributed by atoms with van der Waals surface area (Å²) in [5.74, 6) is 0.260. The largest absolute Gasteiger partial charge is 0.372 e. The second kappa shape index (κ2) is 11.5. The number of alkyl halides is 2. The molecule has 2 saturated heterocycles. The minimum atomic E-state index is -2.70. The summed E-state index contributed by atoms with van der Waals surface area (Å²) in [7, 11) is 2.11. The van der Waals surface area contributed by atoms with Crippen LogP contribution in [0.25, 0.3) is 0 Å². The van der Waals surface area contributed by atoms with Crippen LogP contribution < -0.4 is 10.6 Å². The third-order valence-corrected chi connectivity index (χ3v) is 6.16. The van der Waals surface area contributed by atoms with Crippen LogP contribution in [0.3, 0.4) is 0 Å². The first kappa shape index (κ1) is 24.3. The quantitative estimate of drug-likeness (QED) is 0.531. The van der Waals surface area contributed by atoms with Gasteiger partial charge in [-0.15, -0.1) is 0 Å². The molecule has 0 spiro atoms. The predicted octanol–water partition coefficient (Wildman–Crippen LogP) is 2.67. The molecule has 0 aliphatic carbocycles. The molecule has 12 heteroatoms. The summed E-state index contributed by atoms with van der Waals surface area (Å²) in [5, 5.41) is 10.5. The van der Waals surface area contributed by atoms with Gasteiger partial charge in [0.2, 0.25) is 11.9 Å². The molecule has 0 saturated carbocycles. The van der Waals surface area contributed by atoms with E-state index in [4.69, 9.17) is 4.74 Å². The molecule has 0 radical (unpaired) electrons.